The molecule has 0 saturated heterocycles. The third-order valence-corrected chi connectivity index (χ3v) is 8.45. The number of hydrogen-bond donors (Lipinski definition) is 0. The molecule has 2 nitrogen and oxygen atoms in total. The maximum absolute atomic E-state index is 12.6. The van der Waals surface area contributed by atoms with Crippen LogP contribution < -0.4 is 4.43 Å². The largest absolute Gasteiger partial charge is 0.547 e. The number of benzene rings is 1. The Morgan fingerprint density at radius 3 is 2.52 bits per heavy atom. The van der Waals surface area contributed by atoms with E-state index in [1.54, 1.807) is 0 Å². The Balaban J connectivity index is 1.78. The van der Waals surface area contributed by atoms with Gasteiger partial charge in [-0.3, -0.25) is 4.79 Å². The number of Topliss-reactive ketones (excluding diaryl/α,β-unsaturated/α-hetero) is 1. The van der Waals surface area contributed by atoms with E-state index in [1.807, 2.05) is 0 Å². The summed E-state index contributed by atoms with van der Waals surface area (Å²) >= 11 is 0. The lowest BCUT2D eigenvalue weighted by molar-refractivity contribution is -0.129. The second-order valence-electron chi connectivity index (χ2n) is 10.8. The summed E-state index contributed by atoms with van der Waals surface area (Å²) in [5.41, 5.74) is 4.55. The van der Waals surface area contributed by atoms with Crippen molar-refractivity contribution < 1.29 is 9.22 Å². The van der Waals surface area contributed by atoms with Gasteiger partial charge in [0, 0.05) is 11.8 Å². The number of carbonyl (C=O) groups excluding carboxylic acids is 1. The standard InChI is InChI=1S/C24H36O2Si/c1-23(2,3)16-13-15-7-8-17-18(22(15)20(14-16)26-27(5)6)11-12-24(4)19(17)9-10-21(24)25/h13-14,17-19,27H,7-12H2,1-6H3/t17-,18+,19+,24+/m1/s1. The lowest BCUT2D eigenvalue weighted by Gasteiger charge is -2.48. The van der Waals surface area contributed by atoms with Gasteiger partial charge in [-0.25, -0.2) is 0 Å². The zero-order valence-electron chi connectivity index (χ0n) is 18.0. The Kier molecular flexibility index (Phi) is 4.61. The van der Waals surface area contributed by atoms with Gasteiger partial charge in [-0.15, -0.1) is 0 Å². The van der Waals surface area contributed by atoms with Crippen LogP contribution in [0.3, 0.4) is 0 Å². The van der Waals surface area contributed by atoms with Crippen LogP contribution in [0.1, 0.15) is 82.4 Å². The molecule has 0 bridgehead atoms. The molecule has 3 aliphatic rings. The summed E-state index contributed by atoms with van der Waals surface area (Å²) in [6, 6.07) is 4.82. The first-order valence-electron chi connectivity index (χ1n) is 11.0. The highest BCUT2D eigenvalue weighted by Gasteiger charge is 2.55. The van der Waals surface area contributed by atoms with Crippen LogP contribution >= 0.6 is 0 Å². The van der Waals surface area contributed by atoms with Crippen LogP contribution in [0.25, 0.3) is 0 Å². The SMILES string of the molecule is C[SiH](C)Oc1cc(C(C)(C)C)cc2c1[C@H]1CC[C@]3(C)C(=O)CC[C@H]3[C@@H]1CC2. The van der Waals surface area contributed by atoms with Gasteiger partial charge in [0.05, 0.1) is 0 Å². The van der Waals surface area contributed by atoms with Gasteiger partial charge in [-0.1, -0.05) is 33.8 Å². The van der Waals surface area contributed by atoms with Crippen molar-refractivity contribution in [3.63, 3.8) is 0 Å². The molecule has 27 heavy (non-hydrogen) atoms. The highest BCUT2D eigenvalue weighted by Crippen LogP contribution is 2.60. The van der Waals surface area contributed by atoms with Crippen molar-refractivity contribution in [3.05, 3.63) is 28.8 Å². The lowest BCUT2D eigenvalue weighted by atomic mass is 9.55. The quantitative estimate of drug-likeness (QED) is 0.605. The third-order valence-electron chi connectivity index (χ3n) is 7.72. The predicted octanol–water partition coefficient (Wildman–Crippen LogP) is 5.77. The summed E-state index contributed by atoms with van der Waals surface area (Å²) in [7, 11) is -1.17. The topological polar surface area (TPSA) is 26.3 Å². The van der Waals surface area contributed by atoms with E-state index in [0.717, 1.165) is 32.1 Å². The molecule has 3 aliphatic carbocycles. The molecule has 0 aliphatic heterocycles. The second kappa shape index (κ2) is 6.47. The maximum atomic E-state index is 12.6. The minimum atomic E-state index is -1.17. The predicted molar refractivity (Wildman–Crippen MR) is 114 cm³/mol. The van der Waals surface area contributed by atoms with Gasteiger partial charge in [0.25, 0.3) is 0 Å². The molecule has 0 N–H and O–H groups in total. The summed E-state index contributed by atoms with van der Waals surface area (Å²) in [4.78, 5) is 12.6. The van der Waals surface area contributed by atoms with Crippen LogP contribution in [0.15, 0.2) is 12.1 Å². The number of carbonyl (C=O) groups is 1. The van der Waals surface area contributed by atoms with E-state index >= 15 is 0 Å². The molecular formula is C24H36O2Si. The van der Waals surface area contributed by atoms with Crippen molar-refractivity contribution in [1.82, 2.24) is 0 Å². The van der Waals surface area contributed by atoms with E-state index in [2.05, 4.69) is 52.9 Å². The van der Waals surface area contributed by atoms with E-state index < -0.39 is 9.04 Å². The molecule has 0 amide bonds. The normalized spacial score (nSPS) is 32.9. The number of fused-ring (bicyclic) bond motifs is 5. The van der Waals surface area contributed by atoms with E-state index in [4.69, 9.17) is 4.43 Å². The van der Waals surface area contributed by atoms with Gasteiger partial charge in [0.1, 0.15) is 11.5 Å². The molecule has 4 rings (SSSR count). The number of aryl methyl sites for hydroxylation is 1. The first-order valence-corrected chi connectivity index (χ1v) is 13.8. The molecule has 1 aromatic rings. The molecule has 1 aromatic carbocycles. The van der Waals surface area contributed by atoms with Gasteiger partial charge in [0.2, 0.25) is 9.04 Å². The van der Waals surface area contributed by atoms with Crippen molar-refractivity contribution in [3.8, 4) is 5.75 Å². The van der Waals surface area contributed by atoms with Crippen LogP contribution in [0.2, 0.25) is 13.1 Å². The zero-order valence-corrected chi connectivity index (χ0v) is 19.2. The second-order valence-corrected chi connectivity index (χ2v) is 13.1. The fourth-order valence-electron chi connectivity index (χ4n) is 6.24. The summed E-state index contributed by atoms with van der Waals surface area (Å²) in [5, 5.41) is 0. The molecule has 3 heteroatoms. The van der Waals surface area contributed by atoms with Crippen molar-refractivity contribution in [1.29, 1.82) is 0 Å². The molecule has 0 aromatic heterocycles. The fraction of sp³-hybridized carbons (Fsp3) is 0.708. The highest BCUT2D eigenvalue weighted by atomic mass is 28.3. The maximum Gasteiger partial charge on any atom is 0.229 e. The first-order chi connectivity index (χ1) is 12.6. The van der Waals surface area contributed by atoms with E-state index in [1.165, 1.54) is 28.9 Å². The average molecular weight is 385 g/mol. The van der Waals surface area contributed by atoms with Crippen LogP contribution in [0.4, 0.5) is 0 Å². The van der Waals surface area contributed by atoms with Crippen LogP contribution in [-0.2, 0) is 16.6 Å². The van der Waals surface area contributed by atoms with Gasteiger partial charge in [-0.2, -0.15) is 0 Å². The third kappa shape index (κ3) is 3.10. The summed E-state index contributed by atoms with van der Waals surface area (Å²) in [5.74, 6) is 3.56. The van der Waals surface area contributed by atoms with Crippen LogP contribution in [-0.4, -0.2) is 14.8 Å². The molecule has 2 fully saturated rings. The minimum Gasteiger partial charge on any atom is -0.547 e. The van der Waals surface area contributed by atoms with E-state index in [-0.39, 0.29) is 10.8 Å². The zero-order chi connectivity index (χ0) is 19.6. The monoisotopic (exact) mass is 384 g/mol. The molecule has 148 valence electrons. The van der Waals surface area contributed by atoms with Gasteiger partial charge >= 0.3 is 0 Å². The van der Waals surface area contributed by atoms with Gasteiger partial charge < -0.3 is 4.43 Å². The number of rotatable bonds is 2. The summed E-state index contributed by atoms with van der Waals surface area (Å²) in [6.07, 6.45) is 6.54. The molecule has 0 radical (unpaired) electrons. The molecular weight excluding hydrogens is 348 g/mol. The summed E-state index contributed by atoms with van der Waals surface area (Å²) in [6.45, 7) is 13.7. The summed E-state index contributed by atoms with van der Waals surface area (Å²) < 4.78 is 6.53. The Bertz CT molecular complexity index is 760. The highest BCUT2D eigenvalue weighted by molar-refractivity contribution is 6.49. The van der Waals surface area contributed by atoms with Crippen molar-refractivity contribution in [2.75, 3.05) is 0 Å². The average Bonchev–Trinajstić information content (AvgIpc) is 2.88. The van der Waals surface area contributed by atoms with Gasteiger partial charge in [0.15, 0.2) is 0 Å². The van der Waals surface area contributed by atoms with Crippen LogP contribution in [0.5, 0.6) is 5.75 Å². The Morgan fingerprint density at radius 1 is 1.11 bits per heavy atom. The molecule has 2 saturated carbocycles. The molecule has 4 atom stereocenters. The van der Waals surface area contributed by atoms with E-state index in [9.17, 15) is 4.79 Å². The Hall–Kier alpha value is -1.09. The Labute approximate surface area is 166 Å². The Morgan fingerprint density at radius 2 is 1.85 bits per heavy atom. The molecule has 0 spiro atoms. The minimum absolute atomic E-state index is 0.0438. The molecule has 0 unspecified atom stereocenters. The first kappa shape index (κ1) is 19.2. The lowest BCUT2D eigenvalue weighted by Crippen LogP contribution is -2.42. The van der Waals surface area contributed by atoms with E-state index in [0.29, 0.717) is 23.5 Å². The van der Waals surface area contributed by atoms with Crippen molar-refractivity contribution in [2.45, 2.75) is 90.6 Å². The smallest absolute Gasteiger partial charge is 0.229 e. The number of ketones is 1. The molecule has 0 heterocycles. The fourth-order valence-corrected chi connectivity index (χ4v) is 6.94. The van der Waals surface area contributed by atoms with Crippen molar-refractivity contribution in [2.24, 2.45) is 17.3 Å². The van der Waals surface area contributed by atoms with Crippen LogP contribution in [0, 0.1) is 17.3 Å². The number of hydrogen-bond acceptors (Lipinski definition) is 2. The van der Waals surface area contributed by atoms with Gasteiger partial charge in [-0.05, 0) is 91.1 Å². The van der Waals surface area contributed by atoms with Crippen molar-refractivity contribution >= 4 is 14.8 Å².